The van der Waals surface area contributed by atoms with Crippen LogP contribution < -0.4 is 4.72 Å². The van der Waals surface area contributed by atoms with Crippen molar-refractivity contribution < 1.29 is 8.42 Å². The molecule has 0 saturated carbocycles. The highest BCUT2D eigenvalue weighted by atomic mass is 35.5. The lowest BCUT2D eigenvalue weighted by Crippen LogP contribution is -2.13. The van der Waals surface area contributed by atoms with Crippen LogP contribution in [0.3, 0.4) is 0 Å². The van der Waals surface area contributed by atoms with E-state index in [9.17, 15) is 8.42 Å². The molecule has 3 rings (SSSR count). The van der Waals surface area contributed by atoms with Crippen molar-refractivity contribution in [2.24, 2.45) is 0 Å². The van der Waals surface area contributed by atoms with E-state index in [4.69, 9.17) is 11.6 Å². The topological polar surface area (TPSA) is 74.8 Å². The highest BCUT2D eigenvalue weighted by Gasteiger charge is 2.18. The fourth-order valence-electron chi connectivity index (χ4n) is 2.24. The summed E-state index contributed by atoms with van der Waals surface area (Å²) < 4.78 is 27.4. The molecule has 3 aromatic rings. The number of nitrogens with zero attached hydrogens (tertiary/aromatic N) is 1. The Morgan fingerprint density at radius 1 is 1.17 bits per heavy atom. The molecule has 5 nitrogen and oxygen atoms in total. The zero-order valence-electron chi connectivity index (χ0n) is 12.7. The number of imidazole rings is 1. The third-order valence-electron chi connectivity index (χ3n) is 3.43. The zero-order chi connectivity index (χ0) is 16.6. The standard InChI is InChI=1S/C16H16ClN3O2S/c1-10(2)16-18-13-8-7-11(9-14(13)19-16)20-23(21,22)15-6-4-3-5-12(15)17/h3-10,20H,1-2H3,(H,18,19). The predicted octanol–water partition coefficient (Wildman–Crippen LogP) is 4.14. The van der Waals surface area contributed by atoms with Crippen LogP contribution in [0.15, 0.2) is 47.4 Å². The summed E-state index contributed by atoms with van der Waals surface area (Å²) in [6.07, 6.45) is 0. The maximum atomic E-state index is 12.5. The van der Waals surface area contributed by atoms with Crippen molar-refractivity contribution in [3.05, 3.63) is 53.3 Å². The van der Waals surface area contributed by atoms with E-state index >= 15 is 0 Å². The molecule has 0 radical (unpaired) electrons. The van der Waals surface area contributed by atoms with Gasteiger partial charge in [-0.3, -0.25) is 4.72 Å². The number of fused-ring (bicyclic) bond motifs is 1. The van der Waals surface area contributed by atoms with E-state index in [2.05, 4.69) is 14.7 Å². The van der Waals surface area contributed by atoms with Crippen LogP contribution in [0.1, 0.15) is 25.6 Å². The van der Waals surface area contributed by atoms with Gasteiger partial charge in [-0.15, -0.1) is 0 Å². The van der Waals surface area contributed by atoms with Crippen molar-refractivity contribution in [2.75, 3.05) is 4.72 Å². The van der Waals surface area contributed by atoms with Crippen LogP contribution in [0.25, 0.3) is 11.0 Å². The molecule has 0 bridgehead atoms. The molecule has 0 fully saturated rings. The summed E-state index contributed by atoms with van der Waals surface area (Å²) in [6, 6.07) is 11.5. The molecule has 23 heavy (non-hydrogen) atoms. The molecular weight excluding hydrogens is 334 g/mol. The summed E-state index contributed by atoms with van der Waals surface area (Å²) in [5.41, 5.74) is 2.04. The monoisotopic (exact) mass is 349 g/mol. The van der Waals surface area contributed by atoms with Crippen molar-refractivity contribution in [1.29, 1.82) is 0 Å². The molecule has 2 aromatic carbocycles. The van der Waals surface area contributed by atoms with Gasteiger partial charge >= 0.3 is 0 Å². The van der Waals surface area contributed by atoms with Gasteiger partial charge in [-0.25, -0.2) is 13.4 Å². The summed E-state index contributed by atoms with van der Waals surface area (Å²) >= 11 is 5.97. The zero-order valence-corrected chi connectivity index (χ0v) is 14.2. The van der Waals surface area contributed by atoms with Crippen LogP contribution in [0, 0.1) is 0 Å². The van der Waals surface area contributed by atoms with Crippen molar-refractivity contribution in [3.63, 3.8) is 0 Å². The Labute approximate surface area is 139 Å². The van der Waals surface area contributed by atoms with Crippen molar-refractivity contribution >= 4 is 38.3 Å². The van der Waals surface area contributed by atoms with Crippen molar-refractivity contribution in [2.45, 2.75) is 24.7 Å². The van der Waals surface area contributed by atoms with E-state index in [-0.39, 0.29) is 15.8 Å². The number of anilines is 1. The number of aromatic nitrogens is 2. The summed E-state index contributed by atoms with van der Waals surface area (Å²) in [5, 5.41) is 0.185. The summed E-state index contributed by atoms with van der Waals surface area (Å²) in [6.45, 7) is 4.08. The largest absolute Gasteiger partial charge is 0.342 e. The van der Waals surface area contributed by atoms with Gasteiger partial charge in [0, 0.05) is 5.92 Å². The first-order valence-electron chi connectivity index (χ1n) is 7.14. The average Bonchev–Trinajstić information content (AvgIpc) is 2.90. The van der Waals surface area contributed by atoms with E-state index in [0.717, 1.165) is 16.9 Å². The number of hydrogen-bond acceptors (Lipinski definition) is 3. The Balaban J connectivity index is 1.96. The molecule has 1 heterocycles. The summed E-state index contributed by atoms with van der Waals surface area (Å²) in [4.78, 5) is 7.72. The second kappa shape index (κ2) is 5.86. The fourth-order valence-corrected chi connectivity index (χ4v) is 3.81. The molecule has 120 valence electrons. The van der Waals surface area contributed by atoms with Gasteiger partial charge in [0.15, 0.2) is 0 Å². The second-order valence-corrected chi connectivity index (χ2v) is 7.60. The molecular formula is C16H16ClN3O2S. The SMILES string of the molecule is CC(C)c1nc2ccc(NS(=O)(=O)c3ccccc3Cl)cc2[nH]1. The number of sulfonamides is 1. The maximum absolute atomic E-state index is 12.5. The molecule has 0 unspecified atom stereocenters. The van der Waals surface area contributed by atoms with Gasteiger partial charge in [-0.2, -0.15) is 0 Å². The van der Waals surface area contributed by atoms with Crippen LogP contribution >= 0.6 is 11.6 Å². The number of hydrogen-bond donors (Lipinski definition) is 2. The van der Waals surface area contributed by atoms with Gasteiger partial charge in [0.1, 0.15) is 10.7 Å². The molecule has 2 N–H and O–H groups in total. The number of rotatable bonds is 4. The molecule has 0 amide bonds. The van der Waals surface area contributed by atoms with E-state index in [1.54, 1.807) is 36.4 Å². The highest BCUT2D eigenvalue weighted by molar-refractivity contribution is 7.92. The van der Waals surface area contributed by atoms with Crippen LogP contribution in [0.5, 0.6) is 0 Å². The molecule has 0 spiro atoms. The number of benzene rings is 2. The number of halogens is 1. The van der Waals surface area contributed by atoms with Gasteiger partial charge in [0.25, 0.3) is 10.0 Å². The Bertz CT molecular complexity index is 964. The molecule has 0 atom stereocenters. The smallest absolute Gasteiger partial charge is 0.263 e. The lowest BCUT2D eigenvalue weighted by Gasteiger charge is -2.09. The molecule has 0 aliphatic carbocycles. The number of aromatic amines is 1. The second-order valence-electron chi connectivity index (χ2n) is 5.54. The molecule has 0 aliphatic heterocycles. The van der Waals surface area contributed by atoms with E-state index in [1.807, 2.05) is 13.8 Å². The predicted molar refractivity (Wildman–Crippen MR) is 92.4 cm³/mol. The third-order valence-corrected chi connectivity index (χ3v) is 5.31. The first-order chi connectivity index (χ1) is 10.9. The Morgan fingerprint density at radius 3 is 2.61 bits per heavy atom. The van der Waals surface area contributed by atoms with Gasteiger partial charge in [0.05, 0.1) is 21.7 Å². The quantitative estimate of drug-likeness (QED) is 0.743. The van der Waals surface area contributed by atoms with Crippen LogP contribution in [-0.2, 0) is 10.0 Å². The minimum atomic E-state index is -3.74. The highest BCUT2D eigenvalue weighted by Crippen LogP contribution is 2.25. The van der Waals surface area contributed by atoms with Gasteiger partial charge in [0.2, 0.25) is 0 Å². The van der Waals surface area contributed by atoms with Gasteiger partial charge in [-0.05, 0) is 30.3 Å². The van der Waals surface area contributed by atoms with Crippen LogP contribution in [-0.4, -0.2) is 18.4 Å². The average molecular weight is 350 g/mol. The first-order valence-corrected chi connectivity index (χ1v) is 9.00. The van der Waals surface area contributed by atoms with E-state index < -0.39 is 10.0 Å². The summed E-state index contributed by atoms with van der Waals surface area (Å²) in [5.74, 6) is 1.14. The van der Waals surface area contributed by atoms with Crippen molar-refractivity contribution in [1.82, 2.24) is 9.97 Å². The van der Waals surface area contributed by atoms with Crippen LogP contribution in [0.4, 0.5) is 5.69 Å². The van der Waals surface area contributed by atoms with Gasteiger partial charge in [-0.1, -0.05) is 37.6 Å². The first kappa shape index (κ1) is 15.8. The number of H-pyrrole nitrogens is 1. The Hall–Kier alpha value is -2.05. The molecule has 1 aromatic heterocycles. The maximum Gasteiger partial charge on any atom is 0.263 e. The minimum absolute atomic E-state index is 0.0502. The minimum Gasteiger partial charge on any atom is -0.342 e. The van der Waals surface area contributed by atoms with E-state index in [0.29, 0.717) is 5.69 Å². The van der Waals surface area contributed by atoms with Gasteiger partial charge < -0.3 is 4.98 Å². The Kier molecular flexibility index (Phi) is 4.04. The Morgan fingerprint density at radius 2 is 1.91 bits per heavy atom. The fraction of sp³-hybridized carbons (Fsp3) is 0.188. The molecule has 7 heteroatoms. The van der Waals surface area contributed by atoms with Crippen LogP contribution in [0.2, 0.25) is 5.02 Å². The number of nitrogens with one attached hydrogen (secondary N) is 2. The lowest BCUT2D eigenvalue weighted by atomic mass is 10.2. The lowest BCUT2D eigenvalue weighted by molar-refractivity contribution is 0.601. The third kappa shape index (κ3) is 3.18. The summed E-state index contributed by atoms with van der Waals surface area (Å²) in [7, 11) is -3.74. The van der Waals surface area contributed by atoms with Crippen molar-refractivity contribution in [3.8, 4) is 0 Å². The van der Waals surface area contributed by atoms with E-state index in [1.165, 1.54) is 6.07 Å². The molecule has 0 saturated heterocycles. The molecule has 0 aliphatic rings. The normalized spacial score (nSPS) is 12.0.